The van der Waals surface area contributed by atoms with Crippen LogP contribution in [-0.2, 0) is 6.54 Å². The minimum Gasteiger partial charge on any atom is -0.493 e. The Bertz CT molecular complexity index is 755. The van der Waals surface area contributed by atoms with Gasteiger partial charge < -0.3 is 19.1 Å². The van der Waals surface area contributed by atoms with Gasteiger partial charge in [0.15, 0.2) is 11.5 Å². The van der Waals surface area contributed by atoms with E-state index < -0.39 is 0 Å². The number of rotatable bonds is 6. The van der Waals surface area contributed by atoms with Gasteiger partial charge in [-0.3, -0.25) is 4.79 Å². The second-order valence-corrected chi connectivity index (χ2v) is 6.16. The highest BCUT2D eigenvalue weighted by atomic mass is 35.5. The van der Waals surface area contributed by atoms with Crippen molar-refractivity contribution in [1.29, 1.82) is 0 Å². The Balaban J connectivity index is 2.27. The molecule has 0 atom stereocenters. The van der Waals surface area contributed by atoms with E-state index in [1.165, 1.54) is 7.11 Å². The Morgan fingerprint density at radius 1 is 1.00 bits per heavy atom. The van der Waals surface area contributed by atoms with Gasteiger partial charge in [0, 0.05) is 18.6 Å². The molecule has 0 aliphatic carbocycles. The van der Waals surface area contributed by atoms with Gasteiger partial charge in [-0.1, -0.05) is 23.2 Å². The topological polar surface area (TPSA) is 48.0 Å². The molecule has 134 valence electrons. The molecule has 0 fully saturated rings. The Labute approximate surface area is 157 Å². The molecule has 0 radical (unpaired) electrons. The van der Waals surface area contributed by atoms with Crippen LogP contribution in [0.1, 0.15) is 15.9 Å². The van der Waals surface area contributed by atoms with Gasteiger partial charge in [0.1, 0.15) is 0 Å². The molecule has 2 aromatic rings. The summed E-state index contributed by atoms with van der Waals surface area (Å²) in [6, 6.07) is 8.39. The summed E-state index contributed by atoms with van der Waals surface area (Å²) < 4.78 is 16.0. The number of hydrogen-bond acceptors (Lipinski definition) is 4. The quantitative estimate of drug-likeness (QED) is 0.746. The highest BCUT2D eigenvalue weighted by molar-refractivity contribution is 6.36. The smallest absolute Gasteiger partial charge is 0.255 e. The summed E-state index contributed by atoms with van der Waals surface area (Å²) in [4.78, 5) is 14.2. The summed E-state index contributed by atoms with van der Waals surface area (Å²) in [6.07, 6.45) is 0. The molecule has 0 aromatic heterocycles. The zero-order chi connectivity index (χ0) is 18.6. The second-order valence-electron chi connectivity index (χ2n) is 5.32. The van der Waals surface area contributed by atoms with E-state index >= 15 is 0 Å². The number of carbonyl (C=O) groups is 1. The van der Waals surface area contributed by atoms with Crippen LogP contribution >= 0.6 is 23.2 Å². The summed E-state index contributed by atoms with van der Waals surface area (Å²) in [6.45, 7) is 0.342. The maximum absolute atomic E-state index is 12.6. The molecule has 25 heavy (non-hydrogen) atoms. The molecular weight excluding hydrogens is 365 g/mol. The highest BCUT2D eigenvalue weighted by Gasteiger charge is 2.18. The lowest BCUT2D eigenvalue weighted by atomic mass is 10.1. The normalized spacial score (nSPS) is 10.3. The van der Waals surface area contributed by atoms with Crippen LogP contribution in [0.3, 0.4) is 0 Å². The van der Waals surface area contributed by atoms with Crippen LogP contribution in [-0.4, -0.2) is 39.2 Å². The van der Waals surface area contributed by atoms with Crippen molar-refractivity contribution in [2.75, 3.05) is 28.4 Å². The number of amides is 1. The van der Waals surface area contributed by atoms with Gasteiger partial charge in [-0.25, -0.2) is 0 Å². The summed E-state index contributed by atoms with van der Waals surface area (Å²) in [5, 5.41) is 0.795. The van der Waals surface area contributed by atoms with E-state index in [0.717, 1.165) is 5.56 Å². The molecule has 2 rings (SSSR count). The van der Waals surface area contributed by atoms with Crippen molar-refractivity contribution in [2.24, 2.45) is 0 Å². The minimum absolute atomic E-state index is 0.213. The van der Waals surface area contributed by atoms with Crippen LogP contribution < -0.4 is 14.2 Å². The monoisotopic (exact) mass is 383 g/mol. The molecule has 0 heterocycles. The predicted octanol–water partition coefficient (Wildman–Crippen LogP) is 4.29. The maximum atomic E-state index is 12.6. The molecule has 0 spiro atoms. The minimum atomic E-state index is -0.213. The van der Waals surface area contributed by atoms with Crippen molar-refractivity contribution in [1.82, 2.24) is 4.90 Å². The van der Waals surface area contributed by atoms with Crippen molar-refractivity contribution in [2.45, 2.75) is 6.54 Å². The standard InChI is InChI=1S/C18H19Cl2NO4/c1-21(18(22)13-6-5-12(19)9-14(13)20)10-11-7-15(23-2)17(25-4)16(8-11)24-3/h5-9H,10H2,1-4H3. The summed E-state index contributed by atoms with van der Waals surface area (Å²) in [5.74, 6) is 1.35. The third-order valence-corrected chi connectivity index (χ3v) is 4.20. The van der Waals surface area contributed by atoms with Crippen molar-refractivity contribution in [3.8, 4) is 17.2 Å². The van der Waals surface area contributed by atoms with Gasteiger partial charge in [0.2, 0.25) is 5.75 Å². The molecule has 0 aliphatic rings. The van der Waals surface area contributed by atoms with E-state index in [1.54, 1.807) is 56.5 Å². The fraction of sp³-hybridized carbons (Fsp3) is 0.278. The van der Waals surface area contributed by atoms with Gasteiger partial charge in [0.25, 0.3) is 5.91 Å². The number of halogens is 2. The van der Waals surface area contributed by atoms with Crippen LogP contribution in [0.25, 0.3) is 0 Å². The van der Waals surface area contributed by atoms with E-state index in [1.807, 2.05) is 0 Å². The van der Waals surface area contributed by atoms with Gasteiger partial charge in [-0.05, 0) is 35.9 Å². The third kappa shape index (κ3) is 4.30. The molecule has 7 heteroatoms. The number of benzene rings is 2. The lowest BCUT2D eigenvalue weighted by molar-refractivity contribution is 0.0785. The first kappa shape index (κ1) is 19.2. The zero-order valence-corrected chi connectivity index (χ0v) is 15.9. The molecular formula is C18H19Cl2NO4. The number of methoxy groups -OCH3 is 3. The first-order chi connectivity index (χ1) is 11.9. The summed E-state index contributed by atoms with van der Waals surface area (Å²) >= 11 is 12.0. The number of hydrogen-bond donors (Lipinski definition) is 0. The average Bonchev–Trinajstić information content (AvgIpc) is 2.60. The van der Waals surface area contributed by atoms with Crippen LogP contribution in [0, 0.1) is 0 Å². The van der Waals surface area contributed by atoms with Gasteiger partial charge in [-0.2, -0.15) is 0 Å². The van der Waals surface area contributed by atoms with Gasteiger partial charge in [-0.15, -0.1) is 0 Å². The molecule has 2 aromatic carbocycles. The Hall–Kier alpha value is -2.11. The highest BCUT2D eigenvalue weighted by Crippen LogP contribution is 2.38. The molecule has 5 nitrogen and oxygen atoms in total. The fourth-order valence-corrected chi connectivity index (χ4v) is 2.93. The van der Waals surface area contributed by atoms with Crippen LogP contribution in [0.5, 0.6) is 17.2 Å². The summed E-state index contributed by atoms with van der Waals surface area (Å²) in [7, 11) is 6.32. The fourth-order valence-electron chi connectivity index (χ4n) is 2.44. The second kappa shape index (κ2) is 8.32. The third-order valence-electron chi connectivity index (χ3n) is 3.65. The first-order valence-corrected chi connectivity index (χ1v) is 8.16. The Morgan fingerprint density at radius 2 is 1.60 bits per heavy atom. The summed E-state index contributed by atoms with van der Waals surface area (Å²) in [5.41, 5.74) is 1.22. The number of nitrogens with zero attached hydrogens (tertiary/aromatic N) is 1. The first-order valence-electron chi connectivity index (χ1n) is 7.40. The molecule has 0 unspecified atom stereocenters. The van der Waals surface area contributed by atoms with Gasteiger partial charge >= 0.3 is 0 Å². The molecule has 0 saturated carbocycles. The van der Waals surface area contributed by atoms with Crippen LogP contribution in [0.2, 0.25) is 10.0 Å². The van der Waals surface area contributed by atoms with Gasteiger partial charge in [0.05, 0.1) is 31.9 Å². The molecule has 0 bridgehead atoms. The largest absolute Gasteiger partial charge is 0.493 e. The predicted molar refractivity (Wildman–Crippen MR) is 98.4 cm³/mol. The van der Waals surface area contributed by atoms with E-state index in [-0.39, 0.29) is 5.91 Å². The average molecular weight is 384 g/mol. The Kier molecular flexibility index (Phi) is 6.39. The van der Waals surface area contributed by atoms with Crippen LogP contribution in [0.15, 0.2) is 30.3 Å². The molecule has 0 saturated heterocycles. The number of ether oxygens (including phenoxy) is 3. The van der Waals surface area contributed by atoms with Crippen molar-refractivity contribution in [3.63, 3.8) is 0 Å². The van der Waals surface area contributed by atoms with Crippen molar-refractivity contribution < 1.29 is 19.0 Å². The molecule has 0 N–H and O–H groups in total. The van der Waals surface area contributed by atoms with E-state index in [2.05, 4.69) is 0 Å². The SMILES string of the molecule is COc1cc(CN(C)C(=O)c2ccc(Cl)cc2Cl)cc(OC)c1OC. The van der Waals surface area contributed by atoms with E-state index in [0.29, 0.717) is 39.4 Å². The number of carbonyl (C=O) groups excluding carboxylic acids is 1. The van der Waals surface area contributed by atoms with Crippen LogP contribution in [0.4, 0.5) is 0 Å². The van der Waals surface area contributed by atoms with Crippen molar-refractivity contribution >= 4 is 29.1 Å². The van der Waals surface area contributed by atoms with E-state index in [4.69, 9.17) is 37.4 Å². The maximum Gasteiger partial charge on any atom is 0.255 e. The van der Waals surface area contributed by atoms with E-state index in [9.17, 15) is 4.79 Å². The zero-order valence-electron chi connectivity index (χ0n) is 14.4. The lowest BCUT2D eigenvalue weighted by Crippen LogP contribution is -2.26. The lowest BCUT2D eigenvalue weighted by Gasteiger charge is -2.20. The molecule has 0 aliphatic heterocycles. The van der Waals surface area contributed by atoms with Crippen molar-refractivity contribution in [3.05, 3.63) is 51.5 Å². The Morgan fingerprint density at radius 3 is 2.08 bits per heavy atom. The molecule has 1 amide bonds.